The van der Waals surface area contributed by atoms with E-state index in [0.717, 1.165) is 5.56 Å². The number of halogens is 2. The average molecular weight is 483 g/mol. The molecular formula is C24H20ClFN4O2S. The van der Waals surface area contributed by atoms with Crippen LogP contribution in [0.3, 0.4) is 0 Å². The fourth-order valence-corrected chi connectivity index (χ4v) is 4.55. The van der Waals surface area contributed by atoms with E-state index >= 15 is 0 Å². The third-order valence-corrected chi connectivity index (χ3v) is 6.51. The van der Waals surface area contributed by atoms with Gasteiger partial charge in [-0.05, 0) is 55.3 Å². The van der Waals surface area contributed by atoms with Crippen molar-refractivity contribution in [2.75, 3.05) is 5.32 Å². The first kappa shape index (κ1) is 22.7. The zero-order chi connectivity index (χ0) is 23.5. The monoisotopic (exact) mass is 482 g/mol. The summed E-state index contributed by atoms with van der Waals surface area (Å²) in [6, 6.07) is 13.3. The van der Waals surface area contributed by atoms with E-state index in [-0.39, 0.29) is 18.4 Å². The lowest BCUT2D eigenvalue weighted by atomic mass is 10.2. The molecule has 0 aliphatic rings. The average Bonchev–Trinajstić information content (AvgIpc) is 3.37. The predicted octanol–water partition coefficient (Wildman–Crippen LogP) is 5.53. The van der Waals surface area contributed by atoms with Crippen LogP contribution in [0.5, 0.6) is 0 Å². The zero-order valence-electron chi connectivity index (χ0n) is 17.9. The molecule has 2 amide bonds. The number of benzene rings is 2. The van der Waals surface area contributed by atoms with Gasteiger partial charge in [-0.1, -0.05) is 29.8 Å². The quantitative estimate of drug-likeness (QED) is 0.379. The molecule has 2 aromatic carbocycles. The third kappa shape index (κ3) is 4.97. The molecule has 2 heterocycles. The molecule has 6 nitrogen and oxygen atoms in total. The number of imidazole rings is 1. The maximum Gasteiger partial charge on any atom is 0.261 e. The fraction of sp³-hybridized carbons (Fsp3) is 0.125. The molecule has 0 bridgehead atoms. The first-order valence-corrected chi connectivity index (χ1v) is 11.3. The van der Waals surface area contributed by atoms with E-state index in [0.29, 0.717) is 37.5 Å². The van der Waals surface area contributed by atoms with E-state index in [2.05, 4.69) is 15.6 Å². The highest BCUT2D eigenvalue weighted by molar-refractivity contribution is 7.18. The molecule has 0 saturated carbocycles. The molecule has 33 heavy (non-hydrogen) atoms. The van der Waals surface area contributed by atoms with Crippen molar-refractivity contribution in [2.24, 2.45) is 0 Å². The van der Waals surface area contributed by atoms with Crippen LogP contribution in [-0.4, -0.2) is 21.4 Å². The summed E-state index contributed by atoms with van der Waals surface area (Å²) < 4.78 is 16.2. The summed E-state index contributed by atoms with van der Waals surface area (Å²) >= 11 is 7.24. The number of nitrogens with one attached hydrogen (secondary N) is 2. The van der Waals surface area contributed by atoms with Crippen LogP contribution < -0.4 is 10.6 Å². The van der Waals surface area contributed by atoms with Crippen LogP contribution in [0.1, 0.15) is 37.0 Å². The summed E-state index contributed by atoms with van der Waals surface area (Å²) in [5, 5.41) is 6.47. The highest BCUT2D eigenvalue weighted by atomic mass is 35.5. The minimum Gasteiger partial charge on any atom is -0.347 e. The Balaban J connectivity index is 1.42. The van der Waals surface area contributed by atoms with E-state index in [1.165, 1.54) is 17.4 Å². The number of hydrogen-bond donors (Lipinski definition) is 2. The zero-order valence-corrected chi connectivity index (χ0v) is 19.4. The Bertz CT molecular complexity index is 1350. The molecule has 0 unspecified atom stereocenters. The molecule has 4 aromatic rings. The van der Waals surface area contributed by atoms with Crippen LogP contribution in [0.15, 0.2) is 60.9 Å². The number of aryl methyl sites for hydroxylation is 2. The van der Waals surface area contributed by atoms with Crippen molar-refractivity contribution in [3.05, 3.63) is 99.2 Å². The number of hydrogen-bond acceptors (Lipinski definition) is 4. The van der Waals surface area contributed by atoms with Gasteiger partial charge in [0.15, 0.2) is 0 Å². The van der Waals surface area contributed by atoms with Crippen molar-refractivity contribution in [3.63, 3.8) is 0 Å². The first-order valence-electron chi connectivity index (χ1n) is 10.1. The van der Waals surface area contributed by atoms with Gasteiger partial charge in [-0.2, -0.15) is 0 Å². The Morgan fingerprint density at radius 2 is 1.91 bits per heavy atom. The predicted molar refractivity (Wildman–Crippen MR) is 128 cm³/mol. The molecule has 2 N–H and O–H groups in total. The number of carbonyl (C=O) groups excluding carboxylic acids is 2. The highest BCUT2D eigenvalue weighted by Crippen LogP contribution is 2.28. The first-order chi connectivity index (χ1) is 15.8. The van der Waals surface area contributed by atoms with Gasteiger partial charge >= 0.3 is 0 Å². The minimum atomic E-state index is -0.403. The molecule has 4 rings (SSSR count). The SMILES string of the molecule is Cc1cc(NC(=O)c2ccccc2Cl)sc1C(=O)NCc1ccc(-n2ccnc2C)c(F)c1. The van der Waals surface area contributed by atoms with Gasteiger partial charge in [0.2, 0.25) is 0 Å². The van der Waals surface area contributed by atoms with Gasteiger partial charge < -0.3 is 15.2 Å². The van der Waals surface area contributed by atoms with Crippen LogP contribution in [0.2, 0.25) is 5.02 Å². The Labute approximate surface area is 199 Å². The molecule has 0 fully saturated rings. The second-order valence-electron chi connectivity index (χ2n) is 7.37. The summed E-state index contributed by atoms with van der Waals surface area (Å²) in [4.78, 5) is 29.8. The van der Waals surface area contributed by atoms with Crippen molar-refractivity contribution in [1.82, 2.24) is 14.9 Å². The second kappa shape index (κ2) is 9.56. The van der Waals surface area contributed by atoms with Crippen molar-refractivity contribution in [2.45, 2.75) is 20.4 Å². The third-order valence-electron chi connectivity index (χ3n) is 5.03. The van der Waals surface area contributed by atoms with Crippen molar-refractivity contribution in [1.29, 1.82) is 0 Å². The van der Waals surface area contributed by atoms with Crippen LogP contribution in [0.4, 0.5) is 9.39 Å². The molecule has 2 aromatic heterocycles. The summed E-state index contributed by atoms with van der Waals surface area (Å²) in [6.45, 7) is 3.75. The Morgan fingerprint density at radius 1 is 1.12 bits per heavy atom. The van der Waals surface area contributed by atoms with Crippen molar-refractivity contribution >= 4 is 39.8 Å². The smallest absolute Gasteiger partial charge is 0.261 e. The van der Waals surface area contributed by atoms with Gasteiger partial charge in [0.05, 0.1) is 26.2 Å². The van der Waals surface area contributed by atoms with E-state index in [4.69, 9.17) is 11.6 Å². The molecule has 0 atom stereocenters. The second-order valence-corrected chi connectivity index (χ2v) is 8.83. The van der Waals surface area contributed by atoms with E-state index in [9.17, 15) is 14.0 Å². The number of thiophene rings is 1. The Kier molecular flexibility index (Phi) is 6.57. The molecule has 0 spiro atoms. The summed E-state index contributed by atoms with van der Waals surface area (Å²) in [5.41, 5.74) is 2.11. The van der Waals surface area contributed by atoms with Gasteiger partial charge in [-0.3, -0.25) is 9.59 Å². The van der Waals surface area contributed by atoms with Gasteiger partial charge in [0, 0.05) is 18.9 Å². The van der Waals surface area contributed by atoms with E-state index in [1.807, 2.05) is 0 Å². The number of rotatable bonds is 6. The summed E-state index contributed by atoms with van der Waals surface area (Å²) in [7, 11) is 0. The maximum atomic E-state index is 14.6. The van der Waals surface area contributed by atoms with Crippen LogP contribution in [0, 0.1) is 19.7 Å². The summed E-state index contributed by atoms with van der Waals surface area (Å²) in [6.07, 6.45) is 3.30. The number of nitrogens with zero attached hydrogens (tertiary/aromatic N) is 2. The maximum absolute atomic E-state index is 14.6. The lowest BCUT2D eigenvalue weighted by Crippen LogP contribution is -2.22. The van der Waals surface area contributed by atoms with Gasteiger partial charge in [-0.15, -0.1) is 11.3 Å². The van der Waals surface area contributed by atoms with Gasteiger partial charge in [0.1, 0.15) is 11.6 Å². The lowest BCUT2D eigenvalue weighted by molar-refractivity contribution is 0.0953. The van der Waals surface area contributed by atoms with Crippen molar-refractivity contribution < 1.29 is 14.0 Å². The largest absolute Gasteiger partial charge is 0.347 e. The molecule has 9 heteroatoms. The summed E-state index contributed by atoms with van der Waals surface area (Å²) in [5.74, 6) is -0.372. The molecule has 0 aliphatic carbocycles. The highest BCUT2D eigenvalue weighted by Gasteiger charge is 2.17. The normalized spacial score (nSPS) is 10.8. The molecule has 0 saturated heterocycles. The van der Waals surface area contributed by atoms with E-state index in [1.54, 1.807) is 73.3 Å². The Morgan fingerprint density at radius 3 is 2.61 bits per heavy atom. The number of anilines is 1. The molecule has 0 aliphatic heterocycles. The van der Waals surface area contributed by atoms with E-state index < -0.39 is 5.82 Å². The van der Waals surface area contributed by atoms with Crippen LogP contribution in [0.25, 0.3) is 5.69 Å². The minimum absolute atomic E-state index is 0.164. The molecule has 168 valence electrons. The van der Waals surface area contributed by atoms with Crippen LogP contribution in [-0.2, 0) is 6.54 Å². The number of amides is 2. The number of aromatic nitrogens is 2. The topological polar surface area (TPSA) is 76.0 Å². The fourth-order valence-electron chi connectivity index (χ4n) is 3.34. The molecule has 0 radical (unpaired) electrons. The Hall–Kier alpha value is -3.49. The van der Waals surface area contributed by atoms with Crippen molar-refractivity contribution in [3.8, 4) is 5.69 Å². The van der Waals surface area contributed by atoms with Gasteiger partial charge in [0.25, 0.3) is 11.8 Å². The standard InChI is InChI=1S/C24H20ClFN4O2S/c1-14-11-21(29-23(31)17-5-3-4-6-18(17)25)33-22(14)24(32)28-13-16-7-8-20(19(26)12-16)30-10-9-27-15(30)2/h3-12H,13H2,1-2H3,(H,28,32)(H,29,31). The number of carbonyl (C=O) groups is 2. The molecular weight excluding hydrogens is 463 g/mol. The van der Waals surface area contributed by atoms with Gasteiger partial charge in [-0.25, -0.2) is 9.37 Å². The lowest BCUT2D eigenvalue weighted by Gasteiger charge is -2.09. The van der Waals surface area contributed by atoms with Crippen LogP contribution >= 0.6 is 22.9 Å².